The van der Waals surface area contributed by atoms with Crippen LogP contribution in [0.2, 0.25) is 0 Å². The van der Waals surface area contributed by atoms with Crippen molar-refractivity contribution in [2.45, 2.75) is 6.92 Å². The number of aromatic nitrogens is 3. The monoisotopic (exact) mass is 363 g/mol. The Balaban J connectivity index is 1.73. The van der Waals surface area contributed by atoms with E-state index in [1.165, 1.54) is 19.4 Å². The van der Waals surface area contributed by atoms with Gasteiger partial charge in [0, 0.05) is 17.4 Å². The number of hydrogen-bond donors (Lipinski definition) is 4. The Labute approximate surface area is 155 Å². The van der Waals surface area contributed by atoms with Gasteiger partial charge in [-0.3, -0.25) is 25.4 Å². The van der Waals surface area contributed by atoms with Gasteiger partial charge in [0.05, 0.1) is 0 Å². The lowest BCUT2D eigenvalue weighted by Gasteiger charge is -2.13. The first-order chi connectivity index (χ1) is 13.0. The third-order valence-corrected chi connectivity index (χ3v) is 3.61. The number of ketones is 1. The molecule has 1 aromatic carbocycles. The molecule has 2 aromatic heterocycles. The van der Waals surface area contributed by atoms with Gasteiger partial charge < -0.3 is 11.1 Å². The lowest BCUT2D eigenvalue weighted by molar-refractivity contribution is 0.0956. The van der Waals surface area contributed by atoms with E-state index < -0.39 is 5.91 Å². The highest BCUT2D eigenvalue weighted by Gasteiger charge is 2.11. The van der Waals surface area contributed by atoms with E-state index in [-0.39, 0.29) is 23.0 Å². The summed E-state index contributed by atoms with van der Waals surface area (Å²) < 4.78 is 0. The number of nitrogens with one attached hydrogen (secondary N) is 3. The number of anilines is 4. The summed E-state index contributed by atoms with van der Waals surface area (Å²) in [5.74, 6) is 0.0750. The second-order valence-corrected chi connectivity index (χ2v) is 5.54. The van der Waals surface area contributed by atoms with Crippen molar-refractivity contribution in [1.82, 2.24) is 20.4 Å². The van der Waals surface area contributed by atoms with Crippen molar-refractivity contribution in [3.05, 3.63) is 66.2 Å². The molecule has 5 N–H and O–H groups in total. The van der Waals surface area contributed by atoms with Gasteiger partial charge >= 0.3 is 0 Å². The topological polar surface area (TPSA) is 135 Å². The Morgan fingerprint density at radius 2 is 1.81 bits per heavy atom. The number of benzene rings is 1. The summed E-state index contributed by atoms with van der Waals surface area (Å²) in [4.78, 5) is 35.6. The minimum absolute atomic E-state index is 0.0473. The average molecular weight is 363 g/mol. The largest absolute Gasteiger partial charge is 0.393 e. The molecular formula is C18H17N7O2. The Bertz CT molecular complexity index is 976. The van der Waals surface area contributed by atoms with Crippen LogP contribution in [-0.4, -0.2) is 26.6 Å². The number of Topliss-reactive ketones (excluding diaryl/α,β-unsaturated/α-hetero) is 1. The standard InChI is InChI=1S/C18H17N7O2/c1-11(26)12-5-4-6-13(9-12)23-16-15(19)17(22-10-21-16)24-25-18(27)14-7-2-3-8-20-14/h2-10H,19H2,1H3,(H,25,27)(H2,21,22,23,24). The molecule has 9 nitrogen and oxygen atoms in total. The number of carbonyl (C=O) groups is 2. The molecule has 9 heteroatoms. The molecule has 1 amide bonds. The van der Waals surface area contributed by atoms with E-state index in [2.05, 4.69) is 31.1 Å². The van der Waals surface area contributed by atoms with Crippen molar-refractivity contribution in [2.75, 3.05) is 16.5 Å². The van der Waals surface area contributed by atoms with E-state index in [4.69, 9.17) is 5.73 Å². The SMILES string of the molecule is CC(=O)c1cccc(Nc2ncnc(NNC(=O)c3ccccn3)c2N)c1. The molecule has 0 bridgehead atoms. The molecule has 0 radical (unpaired) electrons. The third-order valence-electron chi connectivity index (χ3n) is 3.61. The summed E-state index contributed by atoms with van der Waals surface area (Å²) in [6, 6.07) is 11.9. The number of rotatable bonds is 6. The number of pyridine rings is 1. The maximum absolute atomic E-state index is 12.0. The molecular weight excluding hydrogens is 346 g/mol. The zero-order valence-corrected chi connectivity index (χ0v) is 14.4. The predicted octanol–water partition coefficient (Wildman–Crippen LogP) is 2.16. The molecule has 0 saturated carbocycles. The molecule has 0 aliphatic carbocycles. The number of amides is 1. The Morgan fingerprint density at radius 1 is 1.00 bits per heavy atom. The Hall–Kier alpha value is -4.01. The van der Waals surface area contributed by atoms with Crippen molar-refractivity contribution in [3.8, 4) is 0 Å². The molecule has 3 aromatic rings. The summed E-state index contributed by atoms with van der Waals surface area (Å²) in [6.07, 6.45) is 2.81. The molecule has 0 aliphatic heterocycles. The molecule has 2 heterocycles. The molecule has 0 saturated heterocycles. The number of carbonyl (C=O) groups excluding carboxylic acids is 2. The van der Waals surface area contributed by atoms with Crippen LogP contribution in [0.15, 0.2) is 55.0 Å². The van der Waals surface area contributed by atoms with E-state index in [9.17, 15) is 9.59 Å². The van der Waals surface area contributed by atoms with E-state index in [1.54, 1.807) is 42.5 Å². The fraction of sp³-hybridized carbons (Fsp3) is 0.0556. The van der Waals surface area contributed by atoms with Crippen molar-refractivity contribution in [1.29, 1.82) is 0 Å². The quantitative estimate of drug-likeness (QED) is 0.386. The number of hydrogen-bond acceptors (Lipinski definition) is 8. The van der Waals surface area contributed by atoms with Crippen LogP contribution in [0, 0.1) is 0 Å². The molecule has 0 spiro atoms. The van der Waals surface area contributed by atoms with Crippen molar-refractivity contribution in [2.24, 2.45) is 0 Å². The number of nitrogens with two attached hydrogens (primary N) is 1. The molecule has 0 atom stereocenters. The first-order valence-electron chi connectivity index (χ1n) is 8.00. The summed E-state index contributed by atoms with van der Waals surface area (Å²) in [6.45, 7) is 1.49. The number of nitrogen functional groups attached to an aromatic ring is 1. The zero-order valence-electron chi connectivity index (χ0n) is 14.4. The lowest BCUT2D eigenvalue weighted by Crippen LogP contribution is -2.31. The van der Waals surface area contributed by atoms with Gasteiger partial charge in [0.15, 0.2) is 17.4 Å². The van der Waals surface area contributed by atoms with E-state index in [1.807, 2.05) is 0 Å². The minimum atomic E-state index is -0.433. The molecule has 3 rings (SSSR count). The lowest BCUT2D eigenvalue weighted by atomic mass is 10.1. The first-order valence-corrected chi connectivity index (χ1v) is 8.00. The van der Waals surface area contributed by atoms with Crippen LogP contribution in [-0.2, 0) is 0 Å². The second-order valence-electron chi connectivity index (χ2n) is 5.54. The second kappa shape index (κ2) is 7.91. The van der Waals surface area contributed by atoms with Gasteiger partial charge in [-0.05, 0) is 31.2 Å². The van der Waals surface area contributed by atoms with Crippen LogP contribution < -0.4 is 21.9 Å². The van der Waals surface area contributed by atoms with Crippen LogP contribution in [0.1, 0.15) is 27.8 Å². The van der Waals surface area contributed by atoms with Gasteiger partial charge in [-0.2, -0.15) is 0 Å². The van der Waals surface area contributed by atoms with Gasteiger partial charge in [0.2, 0.25) is 0 Å². The van der Waals surface area contributed by atoms with Gasteiger partial charge in [-0.1, -0.05) is 18.2 Å². The molecule has 0 aliphatic rings. The zero-order chi connectivity index (χ0) is 19.2. The molecule has 27 heavy (non-hydrogen) atoms. The van der Waals surface area contributed by atoms with Crippen molar-refractivity contribution >= 4 is 34.7 Å². The van der Waals surface area contributed by atoms with Crippen LogP contribution >= 0.6 is 0 Å². The fourth-order valence-electron chi connectivity index (χ4n) is 2.22. The number of nitrogens with zero attached hydrogens (tertiary/aromatic N) is 3. The predicted molar refractivity (Wildman–Crippen MR) is 101 cm³/mol. The maximum Gasteiger partial charge on any atom is 0.288 e. The molecule has 136 valence electrons. The average Bonchev–Trinajstić information content (AvgIpc) is 2.69. The van der Waals surface area contributed by atoms with Crippen molar-refractivity contribution < 1.29 is 9.59 Å². The van der Waals surface area contributed by atoms with Crippen LogP contribution in [0.4, 0.5) is 23.0 Å². The minimum Gasteiger partial charge on any atom is -0.393 e. The first kappa shape index (κ1) is 17.8. The van der Waals surface area contributed by atoms with Crippen LogP contribution in [0.3, 0.4) is 0 Å². The van der Waals surface area contributed by atoms with Gasteiger partial charge in [0.25, 0.3) is 5.91 Å². The third kappa shape index (κ3) is 4.34. The summed E-state index contributed by atoms with van der Waals surface area (Å²) in [5.41, 5.74) is 12.9. The molecule has 0 unspecified atom stereocenters. The maximum atomic E-state index is 12.0. The van der Waals surface area contributed by atoms with Crippen molar-refractivity contribution in [3.63, 3.8) is 0 Å². The van der Waals surface area contributed by atoms with E-state index >= 15 is 0 Å². The van der Waals surface area contributed by atoms with E-state index in [0.29, 0.717) is 17.1 Å². The highest BCUT2D eigenvalue weighted by molar-refractivity contribution is 5.95. The van der Waals surface area contributed by atoms with Gasteiger partial charge in [-0.25, -0.2) is 9.97 Å². The highest BCUT2D eigenvalue weighted by atomic mass is 16.2. The summed E-state index contributed by atoms with van der Waals surface area (Å²) in [7, 11) is 0. The number of hydrazine groups is 1. The van der Waals surface area contributed by atoms with Gasteiger partial charge in [0.1, 0.15) is 17.7 Å². The van der Waals surface area contributed by atoms with E-state index in [0.717, 1.165) is 0 Å². The Morgan fingerprint density at radius 3 is 2.56 bits per heavy atom. The summed E-state index contributed by atoms with van der Waals surface area (Å²) >= 11 is 0. The normalized spacial score (nSPS) is 10.1. The highest BCUT2D eigenvalue weighted by Crippen LogP contribution is 2.25. The van der Waals surface area contributed by atoms with Crippen LogP contribution in [0.25, 0.3) is 0 Å². The summed E-state index contributed by atoms with van der Waals surface area (Å²) in [5, 5.41) is 3.03. The Kier molecular flexibility index (Phi) is 5.22. The van der Waals surface area contributed by atoms with Crippen LogP contribution in [0.5, 0.6) is 0 Å². The smallest absolute Gasteiger partial charge is 0.288 e. The van der Waals surface area contributed by atoms with Gasteiger partial charge in [-0.15, -0.1) is 0 Å². The molecule has 0 fully saturated rings. The fourth-order valence-corrected chi connectivity index (χ4v) is 2.22.